The van der Waals surface area contributed by atoms with Gasteiger partial charge in [0, 0.05) is 12.5 Å². The van der Waals surface area contributed by atoms with E-state index in [9.17, 15) is 9.18 Å². The zero-order chi connectivity index (χ0) is 17.3. The number of aryl methyl sites for hydroxylation is 1. The van der Waals surface area contributed by atoms with Crippen LogP contribution in [0.15, 0.2) is 24.5 Å². The highest BCUT2D eigenvalue weighted by molar-refractivity contribution is 5.87. The Balaban J connectivity index is 1.77. The van der Waals surface area contributed by atoms with Crippen LogP contribution in [-0.4, -0.2) is 26.7 Å². The second kappa shape index (κ2) is 6.04. The van der Waals surface area contributed by atoms with Crippen molar-refractivity contribution in [1.29, 1.82) is 5.26 Å². The number of nitriles is 1. The summed E-state index contributed by atoms with van der Waals surface area (Å²) in [4.78, 5) is 16.9. The van der Waals surface area contributed by atoms with Crippen LogP contribution in [0.5, 0.6) is 0 Å². The van der Waals surface area contributed by atoms with Gasteiger partial charge in [-0.2, -0.15) is 10.4 Å². The molecule has 0 saturated heterocycles. The fourth-order valence-electron chi connectivity index (χ4n) is 2.87. The molecule has 1 aliphatic heterocycles. The lowest BCUT2D eigenvalue weighted by Crippen LogP contribution is -2.48. The van der Waals surface area contributed by atoms with E-state index in [1.54, 1.807) is 24.6 Å². The summed E-state index contributed by atoms with van der Waals surface area (Å²) in [5.41, 5.74) is -0.263. The van der Waals surface area contributed by atoms with E-state index in [2.05, 4.69) is 15.4 Å². The van der Waals surface area contributed by atoms with Gasteiger partial charge >= 0.3 is 0 Å². The van der Waals surface area contributed by atoms with Gasteiger partial charge in [-0.25, -0.2) is 14.1 Å². The minimum Gasteiger partial charge on any atom is -0.351 e. The average molecular weight is 327 g/mol. The number of amides is 1. The molecule has 0 unspecified atom stereocenters. The van der Waals surface area contributed by atoms with Crippen LogP contribution < -0.4 is 5.32 Å². The third-order valence-corrected chi connectivity index (χ3v) is 4.46. The Morgan fingerprint density at radius 3 is 3.00 bits per heavy atom. The molecule has 1 atom stereocenters. The Labute approximate surface area is 139 Å². The quantitative estimate of drug-likeness (QED) is 0.930. The third kappa shape index (κ3) is 3.00. The first-order valence-corrected chi connectivity index (χ1v) is 7.79. The molecule has 0 saturated carbocycles. The topological polar surface area (TPSA) is 83.6 Å². The summed E-state index contributed by atoms with van der Waals surface area (Å²) < 4.78 is 15.5. The van der Waals surface area contributed by atoms with Gasteiger partial charge in [0.1, 0.15) is 18.0 Å². The van der Waals surface area contributed by atoms with E-state index in [0.717, 1.165) is 24.7 Å². The molecule has 2 aromatic rings. The van der Waals surface area contributed by atoms with Crippen molar-refractivity contribution in [2.24, 2.45) is 0 Å². The first kappa shape index (κ1) is 16.1. The number of carbonyl (C=O) groups excluding carboxylic acids is 1. The van der Waals surface area contributed by atoms with Crippen LogP contribution in [0.25, 0.3) is 0 Å². The van der Waals surface area contributed by atoms with Gasteiger partial charge in [-0.3, -0.25) is 4.79 Å². The van der Waals surface area contributed by atoms with E-state index in [0.29, 0.717) is 12.1 Å². The Morgan fingerprint density at radius 2 is 2.25 bits per heavy atom. The minimum absolute atomic E-state index is 0.0463. The zero-order valence-electron chi connectivity index (χ0n) is 13.6. The normalized spacial score (nSPS) is 17.0. The van der Waals surface area contributed by atoms with Gasteiger partial charge in [0.05, 0.1) is 23.6 Å². The highest BCUT2D eigenvalue weighted by atomic mass is 19.1. The number of nitrogens with one attached hydrogen (secondary N) is 1. The zero-order valence-corrected chi connectivity index (χ0v) is 13.6. The average Bonchev–Trinajstić information content (AvgIpc) is 3.01. The van der Waals surface area contributed by atoms with E-state index in [-0.39, 0.29) is 17.5 Å². The smallest absolute Gasteiger partial charge is 0.230 e. The molecule has 24 heavy (non-hydrogen) atoms. The Bertz CT molecular complexity index is 821. The summed E-state index contributed by atoms with van der Waals surface area (Å²) in [6.45, 7) is 4.02. The lowest BCUT2D eigenvalue weighted by Gasteiger charge is -2.30. The number of fused-ring (bicyclic) bond motifs is 1. The minimum atomic E-state index is -0.948. The van der Waals surface area contributed by atoms with Crippen molar-refractivity contribution in [3.63, 3.8) is 0 Å². The van der Waals surface area contributed by atoms with Crippen LogP contribution >= 0.6 is 0 Å². The van der Waals surface area contributed by atoms with Gasteiger partial charge in [0.2, 0.25) is 5.91 Å². The molecule has 6 nitrogen and oxygen atoms in total. The predicted molar refractivity (Wildman–Crippen MR) is 84.4 cm³/mol. The maximum absolute atomic E-state index is 13.7. The summed E-state index contributed by atoms with van der Waals surface area (Å²) in [5, 5.41) is 16.1. The number of hydrogen-bond acceptors (Lipinski definition) is 4. The number of halogens is 1. The van der Waals surface area contributed by atoms with Crippen molar-refractivity contribution < 1.29 is 9.18 Å². The molecule has 0 aliphatic carbocycles. The number of rotatable bonds is 3. The maximum Gasteiger partial charge on any atom is 0.230 e. The molecule has 3 rings (SSSR count). The molecular formula is C17H18FN5O. The van der Waals surface area contributed by atoms with Crippen LogP contribution in [0.3, 0.4) is 0 Å². The van der Waals surface area contributed by atoms with E-state index < -0.39 is 11.2 Å². The van der Waals surface area contributed by atoms with Gasteiger partial charge in [0.15, 0.2) is 0 Å². The van der Waals surface area contributed by atoms with Gasteiger partial charge in [-0.15, -0.1) is 0 Å². The standard InChI is InChI=1S/C17H18FN5O/c1-17(2,12-5-11(8-19)6-13(18)7-12)16(24)22-14-3-4-15-20-10-21-23(15)9-14/h5-7,10,14H,3-4,9H2,1-2H3,(H,22,24)/t14-/m0/s1. The Morgan fingerprint density at radius 1 is 1.46 bits per heavy atom. The third-order valence-electron chi connectivity index (χ3n) is 4.46. The van der Waals surface area contributed by atoms with Crippen LogP contribution in [0.1, 0.15) is 37.2 Å². The highest BCUT2D eigenvalue weighted by Crippen LogP contribution is 2.26. The first-order valence-electron chi connectivity index (χ1n) is 7.79. The second-order valence-corrected chi connectivity index (χ2v) is 6.53. The lowest BCUT2D eigenvalue weighted by molar-refractivity contribution is -0.126. The summed E-state index contributed by atoms with van der Waals surface area (Å²) in [7, 11) is 0. The first-order chi connectivity index (χ1) is 11.4. The van der Waals surface area contributed by atoms with E-state index in [4.69, 9.17) is 5.26 Å². The Kier molecular flexibility index (Phi) is 4.06. The van der Waals surface area contributed by atoms with Gasteiger partial charge in [-0.05, 0) is 44.0 Å². The Hall–Kier alpha value is -2.75. The molecule has 2 heterocycles. The van der Waals surface area contributed by atoms with Crippen molar-refractivity contribution in [2.45, 2.75) is 44.7 Å². The maximum atomic E-state index is 13.7. The van der Waals surface area contributed by atoms with Crippen molar-refractivity contribution in [1.82, 2.24) is 20.1 Å². The van der Waals surface area contributed by atoms with E-state index in [1.165, 1.54) is 12.4 Å². The highest BCUT2D eigenvalue weighted by Gasteiger charge is 2.33. The number of hydrogen-bond donors (Lipinski definition) is 1. The molecule has 1 aliphatic rings. The van der Waals surface area contributed by atoms with Crippen molar-refractivity contribution in [3.05, 3.63) is 47.3 Å². The summed E-state index contributed by atoms with van der Waals surface area (Å²) in [5.74, 6) is 0.198. The number of nitrogens with zero attached hydrogens (tertiary/aromatic N) is 4. The fourth-order valence-corrected chi connectivity index (χ4v) is 2.87. The van der Waals surface area contributed by atoms with Crippen LogP contribution in [0.4, 0.5) is 4.39 Å². The lowest BCUT2D eigenvalue weighted by atomic mass is 9.82. The molecule has 0 bridgehead atoms. The van der Waals surface area contributed by atoms with Crippen molar-refractivity contribution >= 4 is 5.91 Å². The molecule has 1 N–H and O–H groups in total. The number of carbonyl (C=O) groups is 1. The largest absolute Gasteiger partial charge is 0.351 e. The molecule has 0 fully saturated rings. The fraction of sp³-hybridized carbons (Fsp3) is 0.412. The van der Waals surface area contributed by atoms with Crippen molar-refractivity contribution in [2.75, 3.05) is 0 Å². The SMILES string of the molecule is CC(C)(C(=O)N[C@H]1CCc2ncnn2C1)c1cc(F)cc(C#N)c1. The molecule has 1 aromatic heterocycles. The van der Waals surface area contributed by atoms with Crippen LogP contribution in [0.2, 0.25) is 0 Å². The molecule has 0 spiro atoms. The molecule has 0 radical (unpaired) electrons. The molecule has 1 amide bonds. The van der Waals surface area contributed by atoms with Gasteiger partial charge < -0.3 is 5.32 Å². The van der Waals surface area contributed by atoms with E-state index in [1.807, 2.05) is 6.07 Å². The monoisotopic (exact) mass is 327 g/mol. The van der Waals surface area contributed by atoms with Gasteiger partial charge in [-0.1, -0.05) is 0 Å². The number of aromatic nitrogens is 3. The summed E-state index contributed by atoms with van der Waals surface area (Å²) in [6, 6.07) is 5.89. The van der Waals surface area contributed by atoms with Crippen LogP contribution in [-0.2, 0) is 23.2 Å². The number of benzene rings is 1. The second-order valence-electron chi connectivity index (χ2n) is 6.53. The molecular weight excluding hydrogens is 309 g/mol. The molecule has 124 valence electrons. The van der Waals surface area contributed by atoms with Crippen LogP contribution in [0, 0.1) is 17.1 Å². The summed E-state index contributed by atoms with van der Waals surface area (Å²) >= 11 is 0. The molecule has 7 heteroatoms. The van der Waals surface area contributed by atoms with Gasteiger partial charge in [0.25, 0.3) is 0 Å². The molecule has 1 aromatic carbocycles. The van der Waals surface area contributed by atoms with E-state index >= 15 is 0 Å². The van der Waals surface area contributed by atoms with Crippen molar-refractivity contribution in [3.8, 4) is 6.07 Å². The summed E-state index contributed by atoms with van der Waals surface area (Å²) in [6.07, 6.45) is 3.05. The predicted octanol–water partition coefficient (Wildman–Crippen LogP) is 1.70.